The lowest BCUT2D eigenvalue weighted by molar-refractivity contribution is 0.0519. The molecule has 2 heterocycles. The van der Waals surface area contributed by atoms with Gasteiger partial charge in [0.1, 0.15) is 16.5 Å². The Morgan fingerprint density at radius 3 is 2.83 bits per heavy atom. The Bertz CT molecular complexity index is 641. The second-order valence-electron chi connectivity index (χ2n) is 5.47. The first-order valence-electron chi connectivity index (χ1n) is 7.91. The van der Waals surface area contributed by atoms with Gasteiger partial charge >= 0.3 is 5.97 Å². The monoisotopic (exact) mass is 336 g/mol. The van der Waals surface area contributed by atoms with Crippen LogP contribution in [0.5, 0.6) is 0 Å². The number of furan rings is 1. The second-order valence-corrected chi connectivity index (χ2v) is 6.75. The summed E-state index contributed by atoms with van der Waals surface area (Å²) in [6.45, 7) is 9.66. The van der Waals surface area contributed by atoms with Gasteiger partial charge in [-0.3, -0.25) is 0 Å². The van der Waals surface area contributed by atoms with Gasteiger partial charge in [-0.15, -0.1) is 11.3 Å². The van der Waals surface area contributed by atoms with Gasteiger partial charge in [0.05, 0.1) is 6.61 Å². The molecule has 2 aromatic rings. The fraction of sp³-hybridized carbons (Fsp3) is 0.529. The number of ether oxygens (including phenoxy) is 1. The first kappa shape index (κ1) is 17.7. The van der Waals surface area contributed by atoms with Crippen LogP contribution in [0.25, 0.3) is 0 Å². The van der Waals surface area contributed by atoms with Gasteiger partial charge in [0, 0.05) is 17.8 Å². The van der Waals surface area contributed by atoms with Gasteiger partial charge in [-0.25, -0.2) is 9.78 Å². The highest BCUT2D eigenvalue weighted by Gasteiger charge is 2.16. The molecule has 0 atom stereocenters. The largest absolute Gasteiger partial charge is 0.466 e. The zero-order chi connectivity index (χ0) is 16.8. The molecule has 0 aromatic carbocycles. The van der Waals surface area contributed by atoms with E-state index in [0.717, 1.165) is 40.8 Å². The lowest BCUT2D eigenvalue weighted by atomic mass is 10.2. The summed E-state index contributed by atoms with van der Waals surface area (Å²) in [4.78, 5) is 17.0. The Hall–Kier alpha value is -1.66. The summed E-state index contributed by atoms with van der Waals surface area (Å²) in [6.07, 6.45) is 1.92. The molecule has 5 nitrogen and oxygen atoms in total. The first-order valence-corrected chi connectivity index (χ1v) is 8.73. The minimum atomic E-state index is -0.337. The number of nitrogens with zero attached hydrogens (tertiary/aromatic N) is 1. The summed E-state index contributed by atoms with van der Waals surface area (Å²) in [5, 5.41) is 4.27. The van der Waals surface area contributed by atoms with Crippen LogP contribution in [0, 0.1) is 20.8 Å². The molecular formula is C17H24N2O3S. The van der Waals surface area contributed by atoms with Gasteiger partial charge in [-0.2, -0.15) is 0 Å². The van der Waals surface area contributed by atoms with E-state index in [0.29, 0.717) is 18.8 Å². The molecule has 0 spiro atoms. The maximum Gasteiger partial charge on any atom is 0.358 e. The molecule has 0 aliphatic heterocycles. The number of thiazole rings is 1. The molecule has 0 aliphatic rings. The van der Waals surface area contributed by atoms with E-state index in [1.807, 2.05) is 13.8 Å². The molecule has 2 aromatic heterocycles. The molecule has 1 N–H and O–H groups in total. The SMILES string of the molecule is CCOC(=O)c1nc(CNCCCc2cc(C)c(C)o2)sc1C. The van der Waals surface area contributed by atoms with Crippen molar-refractivity contribution >= 4 is 17.3 Å². The van der Waals surface area contributed by atoms with Crippen molar-refractivity contribution in [3.8, 4) is 0 Å². The third-order valence-electron chi connectivity index (χ3n) is 3.58. The van der Waals surface area contributed by atoms with Crippen LogP contribution < -0.4 is 5.32 Å². The molecular weight excluding hydrogens is 312 g/mol. The van der Waals surface area contributed by atoms with Crippen LogP contribution in [0.4, 0.5) is 0 Å². The lowest BCUT2D eigenvalue weighted by Gasteiger charge is -2.01. The topological polar surface area (TPSA) is 64.4 Å². The number of esters is 1. The van der Waals surface area contributed by atoms with Gasteiger partial charge in [-0.05, 0) is 52.3 Å². The van der Waals surface area contributed by atoms with Crippen LogP contribution in [-0.2, 0) is 17.7 Å². The van der Waals surface area contributed by atoms with E-state index in [4.69, 9.17) is 9.15 Å². The molecule has 0 fully saturated rings. The quantitative estimate of drug-likeness (QED) is 0.590. The molecule has 23 heavy (non-hydrogen) atoms. The van der Waals surface area contributed by atoms with E-state index < -0.39 is 0 Å². The van der Waals surface area contributed by atoms with Gasteiger partial charge in [0.25, 0.3) is 0 Å². The summed E-state index contributed by atoms with van der Waals surface area (Å²) >= 11 is 1.54. The minimum Gasteiger partial charge on any atom is -0.466 e. The Kier molecular flexibility index (Phi) is 6.36. The fourth-order valence-corrected chi connectivity index (χ4v) is 3.16. The molecule has 0 amide bonds. The van der Waals surface area contributed by atoms with Crippen LogP contribution in [0.3, 0.4) is 0 Å². The van der Waals surface area contributed by atoms with E-state index in [1.165, 1.54) is 16.9 Å². The average molecular weight is 336 g/mol. The number of carbonyl (C=O) groups excluding carboxylic acids is 1. The van der Waals surface area contributed by atoms with Crippen LogP contribution >= 0.6 is 11.3 Å². The van der Waals surface area contributed by atoms with E-state index in [2.05, 4.69) is 23.3 Å². The van der Waals surface area contributed by atoms with Crippen molar-refractivity contribution < 1.29 is 13.9 Å². The van der Waals surface area contributed by atoms with Crippen LogP contribution in [0.15, 0.2) is 10.5 Å². The van der Waals surface area contributed by atoms with Crippen molar-refractivity contribution in [3.63, 3.8) is 0 Å². The molecule has 126 valence electrons. The number of rotatable bonds is 8. The average Bonchev–Trinajstić information content (AvgIpc) is 3.02. The summed E-state index contributed by atoms with van der Waals surface area (Å²) in [5.41, 5.74) is 1.65. The number of aromatic nitrogens is 1. The third-order valence-corrected chi connectivity index (χ3v) is 4.55. The molecule has 0 aliphatic carbocycles. The van der Waals surface area contributed by atoms with Crippen molar-refractivity contribution in [1.29, 1.82) is 0 Å². The molecule has 0 saturated carbocycles. The van der Waals surface area contributed by atoms with Gasteiger partial charge in [-0.1, -0.05) is 0 Å². The standard InChI is InChI=1S/C17H24N2O3S/c1-5-21-17(20)16-13(4)23-15(19-16)10-18-8-6-7-14-9-11(2)12(3)22-14/h9,18H,5-8,10H2,1-4H3. The fourth-order valence-electron chi connectivity index (χ4n) is 2.27. The summed E-state index contributed by atoms with van der Waals surface area (Å²) in [7, 11) is 0. The minimum absolute atomic E-state index is 0.337. The van der Waals surface area contributed by atoms with E-state index in [9.17, 15) is 4.79 Å². The molecule has 0 saturated heterocycles. The predicted molar refractivity (Wildman–Crippen MR) is 91.0 cm³/mol. The van der Waals surface area contributed by atoms with E-state index >= 15 is 0 Å². The number of hydrogen-bond donors (Lipinski definition) is 1. The van der Waals surface area contributed by atoms with Crippen molar-refractivity contribution in [1.82, 2.24) is 10.3 Å². The van der Waals surface area contributed by atoms with Gasteiger partial charge in [0.15, 0.2) is 5.69 Å². The number of carbonyl (C=O) groups is 1. The van der Waals surface area contributed by atoms with Crippen molar-refractivity contribution in [2.45, 2.75) is 47.1 Å². The van der Waals surface area contributed by atoms with Gasteiger partial charge < -0.3 is 14.5 Å². The lowest BCUT2D eigenvalue weighted by Crippen LogP contribution is -2.15. The van der Waals surface area contributed by atoms with Crippen LogP contribution in [0.2, 0.25) is 0 Å². The molecule has 0 unspecified atom stereocenters. The molecule has 2 rings (SSSR count). The second kappa shape index (κ2) is 8.26. The highest BCUT2D eigenvalue weighted by atomic mass is 32.1. The van der Waals surface area contributed by atoms with E-state index in [-0.39, 0.29) is 5.97 Å². The molecule has 6 heteroatoms. The van der Waals surface area contributed by atoms with Crippen LogP contribution in [0.1, 0.15) is 50.8 Å². The Morgan fingerprint density at radius 2 is 2.17 bits per heavy atom. The Labute approximate surface area is 141 Å². The normalized spacial score (nSPS) is 11.0. The summed E-state index contributed by atoms with van der Waals surface area (Å²) < 4.78 is 10.7. The third kappa shape index (κ3) is 4.91. The van der Waals surface area contributed by atoms with E-state index in [1.54, 1.807) is 6.92 Å². The highest BCUT2D eigenvalue weighted by molar-refractivity contribution is 7.11. The smallest absolute Gasteiger partial charge is 0.358 e. The summed E-state index contributed by atoms with van der Waals surface area (Å²) in [6, 6.07) is 2.10. The number of aryl methyl sites for hydroxylation is 4. The first-order chi connectivity index (χ1) is 11.0. The van der Waals surface area contributed by atoms with Crippen molar-refractivity contribution in [2.75, 3.05) is 13.2 Å². The zero-order valence-corrected chi connectivity index (χ0v) is 15.0. The van der Waals surface area contributed by atoms with Gasteiger partial charge in [0.2, 0.25) is 0 Å². The maximum atomic E-state index is 11.7. The van der Waals surface area contributed by atoms with Crippen LogP contribution in [-0.4, -0.2) is 24.1 Å². The summed E-state index contributed by atoms with van der Waals surface area (Å²) in [5.74, 6) is 1.70. The van der Waals surface area contributed by atoms with Crippen molar-refractivity contribution in [3.05, 3.63) is 38.7 Å². The predicted octanol–water partition coefficient (Wildman–Crippen LogP) is 3.56. The van der Waals surface area contributed by atoms with Crippen molar-refractivity contribution in [2.24, 2.45) is 0 Å². The number of hydrogen-bond acceptors (Lipinski definition) is 6. The Balaban J connectivity index is 1.74. The highest BCUT2D eigenvalue weighted by Crippen LogP contribution is 2.18. The zero-order valence-electron chi connectivity index (χ0n) is 14.2. The Morgan fingerprint density at radius 1 is 1.39 bits per heavy atom. The molecule has 0 bridgehead atoms. The maximum absolute atomic E-state index is 11.7. The number of nitrogens with one attached hydrogen (secondary N) is 1. The molecule has 0 radical (unpaired) electrons.